The monoisotopic (exact) mass is 293 g/mol. The fourth-order valence-electron chi connectivity index (χ4n) is 2.83. The van der Waals surface area contributed by atoms with Gasteiger partial charge < -0.3 is 19.5 Å². The van der Waals surface area contributed by atoms with Crippen LogP contribution in [0.3, 0.4) is 0 Å². The quantitative estimate of drug-likeness (QED) is 0.894. The molecule has 1 aliphatic heterocycles. The second-order valence-corrected chi connectivity index (χ2v) is 4.89. The summed E-state index contributed by atoms with van der Waals surface area (Å²) < 4.78 is 10.4. The molecule has 0 aromatic heterocycles. The van der Waals surface area contributed by atoms with E-state index >= 15 is 0 Å². The third kappa shape index (κ3) is 2.66. The van der Waals surface area contributed by atoms with Gasteiger partial charge >= 0.3 is 5.97 Å². The molecule has 0 unspecified atom stereocenters. The van der Waals surface area contributed by atoms with E-state index in [2.05, 4.69) is 0 Å². The van der Waals surface area contributed by atoms with Crippen LogP contribution in [0.2, 0.25) is 0 Å². The SMILES string of the molecule is CCN1C(=O)C[C@@H](C(=O)O)[C@H]1c1ccc(OC)c(OC)c1. The minimum Gasteiger partial charge on any atom is -0.493 e. The second-order valence-electron chi connectivity index (χ2n) is 4.89. The van der Waals surface area contributed by atoms with Crippen LogP contribution in [-0.4, -0.2) is 42.6 Å². The number of hydrogen-bond donors (Lipinski definition) is 1. The van der Waals surface area contributed by atoms with Gasteiger partial charge in [-0.3, -0.25) is 9.59 Å². The number of nitrogens with zero attached hydrogens (tertiary/aromatic N) is 1. The van der Waals surface area contributed by atoms with E-state index in [4.69, 9.17) is 9.47 Å². The van der Waals surface area contributed by atoms with Gasteiger partial charge in [0, 0.05) is 13.0 Å². The third-order valence-electron chi connectivity index (χ3n) is 3.84. The van der Waals surface area contributed by atoms with Crippen molar-refractivity contribution in [2.75, 3.05) is 20.8 Å². The number of benzene rings is 1. The summed E-state index contributed by atoms with van der Waals surface area (Å²) in [5, 5.41) is 9.37. The Hall–Kier alpha value is -2.24. The van der Waals surface area contributed by atoms with Gasteiger partial charge in [-0.2, -0.15) is 0 Å². The molecule has 6 heteroatoms. The van der Waals surface area contributed by atoms with E-state index in [1.54, 1.807) is 23.1 Å². The summed E-state index contributed by atoms with van der Waals surface area (Å²) in [4.78, 5) is 25.0. The van der Waals surface area contributed by atoms with Gasteiger partial charge in [0.2, 0.25) is 5.91 Å². The summed E-state index contributed by atoms with van der Waals surface area (Å²) in [7, 11) is 3.06. The maximum atomic E-state index is 12.0. The van der Waals surface area contributed by atoms with Crippen LogP contribution in [0.15, 0.2) is 18.2 Å². The van der Waals surface area contributed by atoms with Gasteiger partial charge in [-0.15, -0.1) is 0 Å². The Labute approximate surface area is 123 Å². The molecular formula is C15H19NO5. The Morgan fingerprint density at radius 3 is 2.52 bits per heavy atom. The van der Waals surface area contributed by atoms with Crippen molar-refractivity contribution in [3.63, 3.8) is 0 Å². The zero-order valence-corrected chi connectivity index (χ0v) is 12.3. The third-order valence-corrected chi connectivity index (χ3v) is 3.84. The van der Waals surface area contributed by atoms with Crippen molar-refractivity contribution in [1.29, 1.82) is 0 Å². The standard InChI is InChI=1S/C15H19NO5/c1-4-16-13(17)8-10(15(18)19)14(16)9-5-6-11(20-2)12(7-9)21-3/h5-7,10,14H,4,8H2,1-3H3,(H,18,19)/t10-,14-/m1/s1. The summed E-state index contributed by atoms with van der Waals surface area (Å²) >= 11 is 0. The highest BCUT2D eigenvalue weighted by Gasteiger charge is 2.44. The lowest BCUT2D eigenvalue weighted by Crippen LogP contribution is -2.30. The number of carbonyl (C=O) groups excluding carboxylic acids is 1. The summed E-state index contributed by atoms with van der Waals surface area (Å²) in [6.45, 7) is 2.32. The molecule has 1 aromatic carbocycles. The zero-order chi connectivity index (χ0) is 15.6. The summed E-state index contributed by atoms with van der Waals surface area (Å²) in [5.41, 5.74) is 0.743. The maximum absolute atomic E-state index is 12.0. The van der Waals surface area contributed by atoms with E-state index < -0.39 is 17.9 Å². The molecule has 1 N–H and O–H groups in total. The van der Waals surface area contributed by atoms with Crippen LogP contribution < -0.4 is 9.47 Å². The molecule has 0 spiro atoms. The minimum absolute atomic E-state index is 0.0299. The Morgan fingerprint density at radius 2 is 2.00 bits per heavy atom. The molecule has 1 aromatic rings. The number of amides is 1. The highest BCUT2D eigenvalue weighted by Crippen LogP contribution is 2.40. The van der Waals surface area contributed by atoms with E-state index in [1.165, 1.54) is 14.2 Å². The molecule has 0 aliphatic carbocycles. The van der Waals surface area contributed by atoms with Crippen LogP contribution in [0.4, 0.5) is 0 Å². The Balaban J connectivity index is 2.45. The first-order valence-corrected chi connectivity index (χ1v) is 6.77. The molecule has 6 nitrogen and oxygen atoms in total. The van der Waals surface area contributed by atoms with Crippen LogP contribution in [0.1, 0.15) is 24.9 Å². The lowest BCUT2D eigenvalue weighted by atomic mass is 9.93. The lowest BCUT2D eigenvalue weighted by molar-refractivity contribution is -0.142. The molecule has 1 saturated heterocycles. The Morgan fingerprint density at radius 1 is 1.33 bits per heavy atom. The van der Waals surface area contributed by atoms with E-state index in [1.807, 2.05) is 6.92 Å². The van der Waals surface area contributed by atoms with Crippen molar-refractivity contribution in [1.82, 2.24) is 4.90 Å². The van der Waals surface area contributed by atoms with Gasteiger partial charge in [0.1, 0.15) is 0 Å². The van der Waals surface area contributed by atoms with E-state index in [0.29, 0.717) is 18.0 Å². The van der Waals surface area contributed by atoms with Crippen molar-refractivity contribution in [2.45, 2.75) is 19.4 Å². The minimum atomic E-state index is -0.959. The molecule has 0 radical (unpaired) electrons. The first-order chi connectivity index (χ1) is 10.0. The average molecular weight is 293 g/mol. The van der Waals surface area contributed by atoms with Crippen molar-refractivity contribution in [2.24, 2.45) is 5.92 Å². The number of carboxylic acid groups (broad SMARTS) is 1. The molecule has 2 rings (SSSR count). The average Bonchev–Trinajstić information content (AvgIpc) is 2.83. The van der Waals surface area contributed by atoms with Crippen LogP contribution in [0.5, 0.6) is 11.5 Å². The first kappa shape index (κ1) is 15.2. The molecule has 1 amide bonds. The highest BCUT2D eigenvalue weighted by atomic mass is 16.5. The van der Waals surface area contributed by atoms with Crippen molar-refractivity contribution in [3.8, 4) is 11.5 Å². The predicted molar refractivity (Wildman–Crippen MR) is 75.4 cm³/mol. The fraction of sp³-hybridized carbons (Fsp3) is 0.467. The second kappa shape index (κ2) is 6.03. The number of carboxylic acids is 1. The van der Waals surface area contributed by atoms with E-state index in [9.17, 15) is 14.7 Å². The highest BCUT2D eigenvalue weighted by molar-refractivity contribution is 5.87. The van der Waals surface area contributed by atoms with Gasteiger partial charge in [-0.25, -0.2) is 0 Å². The first-order valence-electron chi connectivity index (χ1n) is 6.77. The number of carbonyl (C=O) groups is 2. The van der Waals surface area contributed by atoms with Crippen molar-refractivity contribution < 1.29 is 24.2 Å². The van der Waals surface area contributed by atoms with Crippen LogP contribution in [0, 0.1) is 5.92 Å². The van der Waals surface area contributed by atoms with Crippen LogP contribution in [-0.2, 0) is 9.59 Å². The van der Waals surface area contributed by atoms with E-state index in [0.717, 1.165) is 5.56 Å². The molecule has 1 fully saturated rings. The molecule has 1 aliphatic rings. The lowest BCUT2D eigenvalue weighted by Gasteiger charge is -2.26. The smallest absolute Gasteiger partial charge is 0.309 e. The van der Waals surface area contributed by atoms with Crippen LogP contribution in [0.25, 0.3) is 0 Å². The number of methoxy groups -OCH3 is 2. The molecule has 21 heavy (non-hydrogen) atoms. The van der Waals surface area contributed by atoms with Crippen molar-refractivity contribution in [3.05, 3.63) is 23.8 Å². The number of rotatable bonds is 5. The largest absolute Gasteiger partial charge is 0.493 e. The maximum Gasteiger partial charge on any atom is 0.309 e. The van der Waals surface area contributed by atoms with Gasteiger partial charge in [-0.1, -0.05) is 6.07 Å². The Bertz CT molecular complexity index is 557. The predicted octanol–water partition coefficient (Wildman–Crippen LogP) is 1.70. The van der Waals surface area contributed by atoms with Gasteiger partial charge in [0.15, 0.2) is 11.5 Å². The summed E-state index contributed by atoms with van der Waals surface area (Å²) in [5.74, 6) is -0.741. The number of ether oxygens (including phenoxy) is 2. The topological polar surface area (TPSA) is 76.1 Å². The molecule has 0 saturated carbocycles. The number of likely N-dealkylation sites (tertiary alicyclic amines) is 1. The number of hydrogen-bond acceptors (Lipinski definition) is 4. The molecular weight excluding hydrogens is 274 g/mol. The van der Waals surface area contributed by atoms with Gasteiger partial charge in [-0.05, 0) is 24.6 Å². The van der Waals surface area contributed by atoms with E-state index in [-0.39, 0.29) is 12.3 Å². The molecule has 114 valence electrons. The Kier molecular flexibility index (Phi) is 4.35. The molecule has 0 bridgehead atoms. The summed E-state index contributed by atoms with van der Waals surface area (Å²) in [6.07, 6.45) is 0.0299. The fourth-order valence-corrected chi connectivity index (χ4v) is 2.83. The molecule has 2 atom stereocenters. The normalized spacial score (nSPS) is 21.5. The summed E-state index contributed by atoms with van der Waals surface area (Å²) in [6, 6.07) is 4.77. The zero-order valence-electron chi connectivity index (χ0n) is 12.3. The van der Waals surface area contributed by atoms with Crippen LogP contribution >= 0.6 is 0 Å². The van der Waals surface area contributed by atoms with Gasteiger partial charge in [0.25, 0.3) is 0 Å². The number of aliphatic carboxylic acids is 1. The van der Waals surface area contributed by atoms with Crippen molar-refractivity contribution >= 4 is 11.9 Å². The van der Waals surface area contributed by atoms with Gasteiger partial charge in [0.05, 0.1) is 26.2 Å². The molecule has 1 heterocycles.